The molecule has 0 aliphatic heterocycles. The SMILES string of the molecule is CCn1c(=O)c2sccc2n2c(SCc3ccc(F)cc3Cl)nnc12. The summed E-state index contributed by atoms with van der Waals surface area (Å²) in [6, 6.07) is 6.24. The molecule has 0 spiro atoms. The second-order valence-electron chi connectivity index (χ2n) is 5.33. The average molecular weight is 395 g/mol. The molecule has 4 aromatic rings. The molecule has 3 heterocycles. The molecule has 4 rings (SSSR count). The molecular weight excluding hydrogens is 383 g/mol. The highest BCUT2D eigenvalue weighted by atomic mass is 35.5. The van der Waals surface area contributed by atoms with Crippen LogP contribution in [0.2, 0.25) is 5.02 Å². The van der Waals surface area contributed by atoms with E-state index >= 15 is 0 Å². The molecule has 25 heavy (non-hydrogen) atoms. The van der Waals surface area contributed by atoms with Crippen LogP contribution in [0.3, 0.4) is 0 Å². The zero-order valence-electron chi connectivity index (χ0n) is 13.1. The predicted octanol–water partition coefficient (Wildman–Crippen LogP) is 4.21. The van der Waals surface area contributed by atoms with Gasteiger partial charge in [0.15, 0.2) is 5.16 Å². The molecule has 0 bridgehead atoms. The molecule has 0 atom stereocenters. The number of rotatable bonds is 4. The number of thiophene rings is 1. The first-order valence-electron chi connectivity index (χ1n) is 7.52. The van der Waals surface area contributed by atoms with Gasteiger partial charge in [0.2, 0.25) is 5.78 Å². The van der Waals surface area contributed by atoms with E-state index < -0.39 is 0 Å². The molecule has 9 heteroatoms. The van der Waals surface area contributed by atoms with Crippen LogP contribution in [0.25, 0.3) is 16.0 Å². The third kappa shape index (κ3) is 2.74. The minimum absolute atomic E-state index is 0.0504. The molecule has 1 aromatic carbocycles. The highest BCUT2D eigenvalue weighted by molar-refractivity contribution is 7.98. The Balaban J connectivity index is 1.80. The molecule has 0 aliphatic rings. The molecule has 0 saturated carbocycles. The van der Waals surface area contributed by atoms with Crippen LogP contribution in [-0.2, 0) is 12.3 Å². The van der Waals surface area contributed by atoms with Gasteiger partial charge in [0.1, 0.15) is 10.5 Å². The van der Waals surface area contributed by atoms with E-state index in [-0.39, 0.29) is 11.4 Å². The number of nitrogens with zero attached hydrogens (tertiary/aromatic N) is 4. The van der Waals surface area contributed by atoms with E-state index in [0.29, 0.717) is 33.0 Å². The largest absolute Gasteiger partial charge is 0.276 e. The highest BCUT2D eigenvalue weighted by Crippen LogP contribution is 2.29. The van der Waals surface area contributed by atoms with Gasteiger partial charge in [0.25, 0.3) is 5.56 Å². The Labute approximate surface area is 155 Å². The zero-order chi connectivity index (χ0) is 17.6. The van der Waals surface area contributed by atoms with Crippen molar-refractivity contribution in [1.29, 1.82) is 0 Å². The minimum Gasteiger partial charge on any atom is -0.276 e. The fraction of sp³-hybridized carbons (Fsp3) is 0.188. The van der Waals surface area contributed by atoms with E-state index in [2.05, 4.69) is 10.2 Å². The minimum atomic E-state index is -0.362. The summed E-state index contributed by atoms with van der Waals surface area (Å²) in [5.74, 6) is 0.682. The van der Waals surface area contributed by atoms with E-state index in [0.717, 1.165) is 11.1 Å². The van der Waals surface area contributed by atoms with Gasteiger partial charge >= 0.3 is 0 Å². The summed E-state index contributed by atoms with van der Waals surface area (Å²) in [6.45, 7) is 2.42. The first-order chi connectivity index (χ1) is 12.1. The molecule has 128 valence electrons. The standard InChI is InChI=1S/C16H12ClFN4OS2/c1-2-21-14(23)13-12(5-6-24-13)22-15(21)19-20-16(22)25-8-9-3-4-10(18)7-11(9)17/h3-7H,2,8H2,1H3. The van der Waals surface area contributed by atoms with Crippen molar-refractivity contribution in [2.24, 2.45) is 0 Å². The molecule has 0 unspecified atom stereocenters. The Morgan fingerprint density at radius 2 is 2.16 bits per heavy atom. The maximum atomic E-state index is 13.2. The van der Waals surface area contributed by atoms with Gasteiger partial charge in [-0.05, 0) is 36.1 Å². The van der Waals surface area contributed by atoms with Crippen LogP contribution in [0.15, 0.2) is 39.6 Å². The van der Waals surface area contributed by atoms with Crippen LogP contribution in [0, 0.1) is 5.82 Å². The summed E-state index contributed by atoms with van der Waals surface area (Å²) in [7, 11) is 0. The van der Waals surface area contributed by atoms with Gasteiger partial charge in [0.05, 0.1) is 5.52 Å². The van der Waals surface area contributed by atoms with E-state index in [4.69, 9.17) is 11.6 Å². The number of hydrogen-bond donors (Lipinski definition) is 0. The van der Waals surface area contributed by atoms with Crippen LogP contribution < -0.4 is 5.56 Å². The van der Waals surface area contributed by atoms with Crippen molar-refractivity contribution in [3.05, 3.63) is 56.4 Å². The van der Waals surface area contributed by atoms with E-state index in [9.17, 15) is 9.18 Å². The normalized spacial score (nSPS) is 11.6. The van der Waals surface area contributed by atoms with Gasteiger partial charge in [-0.1, -0.05) is 29.4 Å². The summed E-state index contributed by atoms with van der Waals surface area (Å²) >= 11 is 8.95. The third-order valence-electron chi connectivity index (χ3n) is 3.87. The molecule has 5 nitrogen and oxygen atoms in total. The van der Waals surface area contributed by atoms with Gasteiger partial charge in [-0.2, -0.15) is 0 Å². The van der Waals surface area contributed by atoms with E-state index in [1.54, 1.807) is 10.6 Å². The third-order valence-corrected chi connectivity index (χ3v) is 6.09. The summed E-state index contributed by atoms with van der Waals surface area (Å²) in [6.07, 6.45) is 0. The van der Waals surface area contributed by atoms with Crippen molar-refractivity contribution in [2.75, 3.05) is 0 Å². The number of fused-ring (bicyclic) bond motifs is 3. The van der Waals surface area contributed by atoms with E-state index in [1.165, 1.54) is 35.2 Å². The highest BCUT2D eigenvalue weighted by Gasteiger charge is 2.17. The second-order valence-corrected chi connectivity index (χ2v) is 7.59. The Morgan fingerprint density at radius 3 is 2.92 bits per heavy atom. The van der Waals surface area contributed by atoms with Crippen molar-refractivity contribution in [1.82, 2.24) is 19.2 Å². The van der Waals surface area contributed by atoms with Crippen LogP contribution in [0.4, 0.5) is 4.39 Å². The van der Waals surface area contributed by atoms with Crippen LogP contribution in [0.1, 0.15) is 12.5 Å². The maximum Gasteiger partial charge on any atom is 0.272 e. The smallest absolute Gasteiger partial charge is 0.272 e. The van der Waals surface area contributed by atoms with Crippen LogP contribution in [-0.4, -0.2) is 19.2 Å². The Kier molecular flexibility index (Phi) is 4.26. The maximum absolute atomic E-state index is 13.2. The van der Waals surface area contributed by atoms with Gasteiger partial charge in [-0.15, -0.1) is 21.5 Å². The van der Waals surface area contributed by atoms with Crippen molar-refractivity contribution in [3.8, 4) is 0 Å². The van der Waals surface area contributed by atoms with Crippen molar-refractivity contribution >= 4 is 50.7 Å². The molecule has 0 aliphatic carbocycles. The van der Waals surface area contributed by atoms with Crippen LogP contribution in [0.5, 0.6) is 0 Å². The molecule has 0 fully saturated rings. The average Bonchev–Trinajstić information content (AvgIpc) is 3.21. The van der Waals surface area contributed by atoms with Gasteiger partial charge in [-0.3, -0.25) is 13.8 Å². The Hall–Kier alpha value is -1.90. The van der Waals surface area contributed by atoms with Gasteiger partial charge < -0.3 is 0 Å². The van der Waals surface area contributed by atoms with Crippen LogP contribution >= 0.6 is 34.7 Å². The van der Waals surface area contributed by atoms with Crippen molar-refractivity contribution in [2.45, 2.75) is 24.4 Å². The molecule has 0 radical (unpaired) electrons. The Bertz CT molecular complexity index is 1150. The number of aromatic nitrogens is 4. The lowest BCUT2D eigenvalue weighted by molar-refractivity contribution is 0.627. The number of thioether (sulfide) groups is 1. The predicted molar refractivity (Wildman–Crippen MR) is 99.3 cm³/mol. The van der Waals surface area contributed by atoms with Crippen molar-refractivity contribution < 1.29 is 4.39 Å². The molecule has 0 amide bonds. The fourth-order valence-corrected chi connectivity index (χ4v) is 4.74. The monoisotopic (exact) mass is 394 g/mol. The lowest BCUT2D eigenvalue weighted by Crippen LogP contribution is -2.21. The first kappa shape index (κ1) is 16.6. The zero-order valence-corrected chi connectivity index (χ0v) is 15.5. The summed E-state index contributed by atoms with van der Waals surface area (Å²) in [4.78, 5) is 12.5. The molecule has 0 N–H and O–H groups in total. The lowest BCUT2D eigenvalue weighted by Gasteiger charge is -2.07. The quantitative estimate of drug-likeness (QED) is 0.486. The topological polar surface area (TPSA) is 52.2 Å². The first-order valence-corrected chi connectivity index (χ1v) is 9.76. The van der Waals surface area contributed by atoms with Gasteiger partial charge in [0, 0.05) is 17.3 Å². The summed E-state index contributed by atoms with van der Waals surface area (Å²) < 4.78 is 17.4. The fourth-order valence-electron chi connectivity index (χ4n) is 2.66. The number of halogens is 2. The Morgan fingerprint density at radius 1 is 1.32 bits per heavy atom. The number of benzene rings is 1. The molecule has 3 aromatic heterocycles. The number of hydrogen-bond acceptors (Lipinski definition) is 5. The lowest BCUT2D eigenvalue weighted by atomic mass is 10.2. The van der Waals surface area contributed by atoms with E-state index in [1.807, 2.05) is 22.8 Å². The summed E-state index contributed by atoms with van der Waals surface area (Å²) in [5.41, 5.74) is 1.56. The number of aryl methyl sites for hydroxylation is 1. The molecule has 0 saturated heterocycles. The summed E-state index contributed by atoms with van der Waals surface area (Å²) in [5, 5.41) is 11.4. The van der Waals surface area contributed by atoms with Gasteiger partial charge in [-0.25, -0.2) is 4.39 Å². The van der Waals surface area contributed by atoms with Crippen molar-refractivity contribution in [3.63, 3.8) is 0 Å². The molecular formula is C16H12ClFN4OS2. The second kappa shape index (κ2) is 6.44.